The summed E-state index contributed by atoms with van der Waals surface area (Å²) in [5.41, 5.74) is 4.07. The second-order valence-corrected chi connectivity index (χ2v) is 5.03. The number of benzene rings is 2. The average Bonchev–Trinajstić information content (AvgIpc) is 2.94. The fraction of sp³-hybridized carbons (Fsp3) is 0. The number of H-pyrrole nitrogens is 1. The van der Waals surface area contributed by atoms with Gasteiger partial charge in [-0.25, -0.2) is 4.98 Å². The Morgan fingerprint density at radius 3 is 2.55 bits per heavy atom. The molecular weight excluding hydrogens is 266 g/mol. The van der Waals surface area contributed by atoms with Crippen LogP contribution in [0.25, 0.3) is 27.8 Å². The van der Waals surface area contributed by atoms with Crippen LogP contribution in [0, 0.1) is 4.77 Å². The van der Waals surface area contributed by atoms with Crippen LogP contribution >= 0.6 is 12.2 Å². The number of aromatic nitrogens is 3. The number of aromatic amines is 1. The molecule has 0 aliphatic carbocycles. The average molecular weight is 277 g/mol. The van der Waals surface area contributed by atoms with Crippen LogP contribution in [0.4, 0.5) is 0 Å². The molecule has 1 N–H and O–H groups in total. The molecule has 0 bridgehead atoms. The molecule has 2 aromatic heterocycles. The van der Waals surface area contributed by atoms with Crippen LogP contribution in [-0.2, 0) is 0 Å². The number of hydrogen-bond donors (Lipinski definition) is 1. The van der Waals surface area contributed by atoms with Crippen molar-refractivity contribution >= 4 is 28.8 Å². The molecule has 96 valence electrons. The molecule has 4 rings (SSSR count). The summed E-state index contributed by atoms with van der Waals surface area (Å²) in [5.74, 6) is 0. The standard InChI is InChI=1S/C16H11N3S/c20-16-18-13-9-5-4-8-12(13)15-17-14(10-19(15)16)11-6-2-1-3-7-11/h1-10,17H. The van der Waals surface area contributed by atoms with Crippen LogP contribution in [-0.4, -0.2) is 14.4 Å². The van der Waals surface area contributed by atoms with Crippen molar-refractivity contribution in [3.8, 4) is 11.3 Å². The van der Waals surface area contributed by atoms with Gasteiger partial charge in [0.05, 0.1) is 11.2 Å². The molecule has 0 saturated carbocycles. The second kappa shape index (κ2) is 4.28. The molecule has 3 nitrogen and oxygen atoms in total. The summed E-state index contributed by atoms with van der Waals surface area (Å²) in [6, 6.07) is 18.2. The number of para-hydroxylation sites is 1. The maximum Gasteiger partial charge on any atom is 0.205 e. The van der Waals surface area contributed by atoms with Gasteiger partial charge in [-0.1, -0.05) is 42.5 Å². The molecule has 0 spiro atoms. The zero-order valence-corrected chi connectivity index (χ0v) is 11.4. The van der Waals surface area contributed by atoms with Gasteiger partial charge in [0, 0.05) is 11.6 Å². The summed E-state index contributed by atoms with van der Waals surface area (Å²) in [6.07, 6.45) is 2.01. The molecule has 2 heterocycles. The number of hydrogen-bond acceptors (Lipinski definition) is 2. The highest BCUT2D eigenvalue weighted by Gasteiger charge is 2.07. The molecule has 2 aromatic carbocycles. The third-order valence-electron chi connectivity index (χ3n) is 3.42. The van der Waals surface area contributed by atoms with Gasteiger partial charge in [0.1, 0.15) is 5.65 Å². The lowest BCUT2D eigenvalue weighted by atomic mass is 10.2. The highest BCUT2D eigenvalue weighted by Crippen LogP contribution is 2.23. The molecule has 0 aliphatic rings. The number of nitrogens with zero attached hydrogens (tertiary/aromatic N) is 2. The Morgan fingerprint density at radius 2 is 1.70 bits per heavy atom. The van der Waals surface area contributed by atoms with Crippen molar-refractivity contribution in [3.05, 3.63) is 65.6 Å². The molecular formula is C16H11N3S. The van der Waals surface area contributed by atoms with Crippen LogP contribution < -0.4 is 0 Å². The number of fused-ring (bicyclic) bond motifs is 3. The minimum atomic E-state index is 0.567. The third kappa shape index (κ3) is 1.66. The molecule has 4 aromatic rings. The Hall–Kier alpha value is -2.46. The Kier molecular flexibility index (Phi) is 2.44. The number of rotatable bonds is 1. The van der Waals surface area contributed by atoms with E-state index in [0.29, 0.717) is 4.77 Å². The molecule has 0 saturated heterocycles. The Labute approximate surface area is 120 Å². The molecule has 0 radical (unpaired) electrons. The van der Waals surface area contributed by atoms with Gasteiger partial charge < -0.3 is 4.98 Å². The van der Waals surface area contributed by atoms with Gasteiger partial charge in [0.15, 0.2) is 0 Å². The zero-order valence-electron chi connectivity index (χ0n) is 10.6. The summed E-state index contributed by atoms with van der Waals surface area (Å²) >= 11 is 5.38. The minimum Gasteiger partial charge on any atom is -0.339 e. The van der Waals surface area contributed by atoms with Crippen molar-refractivity contribution in [2.45, 2.75) is 0 Å². The lowest BCUT2D eigenvalue weighted by Gasteiger charge is -1.99. The Balaban J connectivity index is 2.11. The van der Waals surface area contributed by atoms with E-state index in [4.69, 9.17) is 12.2 Å². The van der Waals surface area contributed by atoms with E-state index >= 15 is 0 Å². The summed E-state index contributed by atoms with van der Waals surface area (Å²) < 4.78 is 2.50. The van der Waals surface area contributed by atoms with Gasteiger partial charge in [-0.15, -0.1) is 0 Å². The Morgan fingerprint density at radius 1 is 0.950 bits per heavy atom. The molecule has 0 unspecified atom stereocenters. The van der Waals surface area contributed by atoms with Crippen LogP contribution in [0.5, 0.6) is 0 Å². The van der Waals surface area contributed by atoms with E-state index in [-0.39, 0.29) is 0 Å². The summed E-state index contributed by atoms with van der Waals surface area (Å²) in [7, 11) is 0. The van der Waals surface area contributed by atoms with Crippen LogP contribution in [0.2, 0.25) is 0 Å². The SMILES string of the molecule is S=c1nc2ccccc2c2[nH]c(-c3ccccc3)cn12. The lowest BCUT2D eigenvalue weighted by Crippen LogP contribution is -1.91. The van der Waals surface area contributed by atoms with Crippen molar-refractivity contribution < 1.29 is 0 Å². The van der Waals surface area contributed by atoms with Crippen molar-refractivity contribution in [2.24, 2.45) is 0 Å². The van der Waals surface area contributed by atoms with Crippen LogP contribution in [0.1, 0.15) is 0 Å². The van der Waals surface area contributed by atoms with E-state index in [0.717, 1.165) is 27.8 Å². The van der Waals surface area contributed by atoms with Gasteiger partial charge in [-0.05, 0) is 29.9 Å². The highest BCUT2D eigenvalue weighted by atomic mass is 32.1. The van der Waals surface area contributed by atoms with Gasteiger partial charge >= 0.3 is 0 Å². The van der Waals surface area contributed by atoms with E-state index in [9.17, 15) is 0 Å². The zero-order chi connectivity index (χ0) is 13.5. The fourth-order valence-electron chi connectivity index (χ4n) is 2.45. The number of nitrogens with one attached hydrogen (secondary N) is 1. The van der Waals surface area contributed by atoms with Gasteiger partial charge in [0.25, 0.3) is 0 Å². The fourth-order valence-corrected chi connectivity index (χ4v) is 2.70. The third-order valence-corrected chi connectivity index (χ3v) is 3.71. The summed E-state index contributed by atoms with van der Waals surface area (Å²) in [6.45, 7) is 0. The van der Waals surface area contributed by atoms with E-state index in [1.807, 2.05) is 47.0 Å². The highest BCUT2D eigenvalue weighted by molar-refractivity contribution is 7.71. The topological polar surface area (TPSA) is 33.1 Å². The maximum atomic E-state index is 5.38. The quantitative estimate of drug-likeness (QED) is 0.529. The lowest BCUT2D eigenvalue weighted by molar-refractivity contribution is 1.09. The predicted molar refractivity (Wildman–Crippen MR) is 83.3 cm³/mol. The monoisotopic (exact) mass is 277 g/mol. The van der Waals surface area contributed by atoms with E-state index in [1.165, 1.54) is 0 Å². The molecule has 0 aliphatic heterocycles. The first kappa shape index (κ1) is 11.4. The van der Waals surface area contributed by atoms with Crippen molar-refractivity contribution in [1.29, 1.82) is 0 Å². The second-order valence-electron chi connectivity index (χ2n) is 4.66. The normalized spacial score (nSPS) is 11.2. The van der Waals surface area contributed by atoms with Crippen LogP contribution in [0.15, 0.2) is 60.8 Å². The van der Waals surface area contributed by atoms with Gasteiger partial charge in [0.2, 0.25) is 4.77 Å². The first-order valence-corrected chi connectivity index (χ1v) is 6.79. The summed E-state index contributed by atoms with van der Waals surface area (Å²) in [5, 5.41) is 1.07. The van der Waals surface area contributed by atoms with E-state index in [2.05, 4.69) is 28.2 Å². The first-order valence-electron chi connectivity index (χ1n) is 6.38. The maximum absolute atomic E-state index is 5.38. The first-order chi connectivity index (χ1) is 9.83. The van der Waals surface area contributed by atoms with E-state index < -0.39 is 0 Å². The van der Waals surface area contributed by atoms with Crippen molar-refractivity contribution in [1.82, 2.24) is 14.4 Å². The molecule has 0 amide bonds. The van der Waals surface area contributed by atoms with E-state index in [1.54, 1.807) is 0 Å². The number of imidazole rings is 1. The molecule has 0 atom stereocenters. The largest absolute Gasteiger partial charge is 0.339 e. The van der Waals surface area contributed by atoms with Crippen molar-refractivity contribution in [2.75, 3.05) is 0 Å². The molecule has 20 heavy (non-hydrogen) atoms. The Bertz CT molecular complexity index is 967. The minimum absolute atomic E-state index is 0.567. The van der Waals surface area contributed by atoms with Gasteiger partial charge in [-0.3, -0.25) is 4.40 Å². The van der Waals surface area contributed by atoms with Crippen LogP contribution in [0.3, 0.4) is 0 Å². The summed E-state index contributed by atoms with van der Waals surface area (Å²) in [4.78, 5) is 7.92. The molecule has 4 heteroatoms. The molecule has 0 fully saturated rings. The van der Waals surface area contributed by atoms with Crippen molar-refractivity contribution in [3.63, 3.8) is 0 Å². The smallest absolute Gasteiger partial charge is 0.205 e. The van der Waals surface area contributed by atoms with Gasteiger partial charge in [-0.2, -0.15) is 0 Å². The predicted octanol–water partition coefficient (Wildman–Crippen LogP) is 4.21.